The summed E-state index contributed by atoms with van der Waals surface area (Å²) < 4.78 is 0. The molecule has 3 aliphatic heterocycles. The zero-order valence-corrected chi connectivity index (χ0v) is 17.9. The lowest BCUT2D eigenvalue weighted by molar-refractivity contribution is -0.137. The van der Waals surface area contributed by atoms with Crippen molar-refractivity contribution in [3.05, 3.63) is 48.0 Å². The molecule has 0 saturated carbocycles. The summed E-state index contributed by atoms with van der Waals surface area (Å²) in [5.41, 5.74) is 1.39. The molecule has 0 radical (unpaired) electrons. The number of carbonyl (C=O) groups is 1. The number of hydrogen-bond acceptors (Lipinski definition) is 3. The molecule has 1 N–H and O–H groups in total. The van der Waals surface area contributed by atoms with Gasteiger partial charge in [0.1, 0.15) is 0 Å². The van der Waals surface area contributed by atoms with Gasteiger partial charge in [-0.25, -0.2) is 0 Å². The fourth-order valence-electron chi connectivity index (χ4n) is 6.70. The van der Waals surface area contributed by atoms with Crippen LogP contribution in [0.4, 0.5) is 0 Å². The predicted molar refractivity (Wildman–Crippen MR) is 120 cm³/mol. The molecule has 0 spiro atoms. The molecule has 0 unspecified atom stereocenters. The molecule has 2 aromatic carbocycles. The first-order chi connectivity index (χ1) is 14.7. The molecular formula is C26H34N2O2. The van der Waals surface area contributed by atoms with Gasteiger partial charge in [-0.05, 0) is 85.9 Å². The Morgan fingerprint density at radius 3 is 2.67 bits per heavy atom. The molecule has 4 atom stereocenters. The third-order valence-corrected chi connectivity index (χ3v) is 7.87. The standard InChI is InChI=1S/C26H34N2O2/c29-25(30)11-3-10-24-23-9-5-15-27-14-4-8-22(26(23)27)18-28(24)17-19-12-13-20-6-1-2-7-21(20)16-19/h1-2,6-7,12-13,16,22-24,26H,3-5,8-11,14-15,17-18H2,(H,29,30)/t22-,23-,24-,26+/m1/s1. The first-order valence-electron chi connectivity index (χ1n) is 11.9. The van der Waals surface area contributed by atoms with Crippen molar-refractivity contribution in [2.45, 2.75) is 63.6 Å². The molecule has 3 fully saturated rings. The first-order valence-corrected chi connectivity index (χ1v) is 11.9. The average molecular weight is 407 g/mol. The van der Waals surface area contributed by atoms with Crippen LogP contribution in [0.5, 0.6) is 0 Å². The van der Waals surface area contributed by atoms with Crippen molar-refractivity contribution in [3.63, 3.8) is 0 Å². The number of fused-ring (bicyclic) bond motifs is 1. The molecule has 3 aliphatic rings. The predicted octanol–water partition coefficient (Wildman–Crippen LogP) is 4.77. The maximum Gasteiger partial charge on any atom is 0.303 e. The number of likely N-dealkylation sites (tertiary alicyclic amines) is 1. The Bertz CT molecular complexity index is 895. The lowest BCUT2D eigenvalue weighted by Crippen LogP contribution is -2.64. The molecule has 2 aromatic rings. The number of hydrogen-bond donors (Lipinski definition) is 1. The number of carboxylic acids is 1. The van der Waals surface area contributed by atoms with Crippen molar-refractivity contribution in [1.82, 2.24) is 9.80 Å². The van der Waals surface area contributed by atoms with E-state index in [9.17, 15) is 9.90 Å². The van der Waals surface area contributed by atoms with Gasteiger partial charge in [0.2, 0.25) is 0 Å². The molecule has 160 valence electrons. The van der Waals surface area contributed by atoms with Crippen molar-refractivity contribution in [1.29, 1.82) is 0 Å². The zero-order valence-electron chi connectivity index (χ0n) is 17.9. The van der Waals surface area contributed by atoms with Crippen LogP contribution >= 0.6 is 0 Å². The Morgan fingerprint density at radius 1 is 1.03 bits per heavy atom. The lowest BCUT2D eigenvalue weighted by Gasteiger charge is -2.57. The van der Waals surface area contributed by atoms with Crippen LogP contribution in [0.1, 0.15) is 50.5 Å². The van der Waals surface area contributed by atoms with Crippen LogP contribution in [0.15, 0.2) is 42.5 Å². The van der Waals surface area contributed by atoms with Gasteiger partial charge >= 0.3 is 5.97 Å². The van der Waals surface area contributed by atoms with Gasteiger partial charge in [0.25, 0.3) is 0 Å². The third kappa shape index (κ3) is 4.00. The van der Waals surface area contributed by atoms with Crippen molar-refractivity contribution >= 4 is 16.7 Å². The Labute approximate surface area is 179 Å². The summed E-state index contributed by atoms with van der Waals surface area (Å²) in [4.78, 5) is 16.7. The maximum absolute atomic E-state index is 11.2. The smallest absolute Gasteiger partial charge is 0.303 e. The summed E-state index contributed by atoms with van der Waals surface area (Å²) in [6, 6.07) is 16.7. The highest BCUT2D eigenvalue weighted by molar-refractivity contribution is 5.82. The van der Waals surface area contributed by atoms with Gasteiger partial charge in [0.15, 0.2) is 0 Å². The minimum absolute atomic E-state index is 0.296. The second-order valence-electron chi connectivity index (χ2n) is 9.70. The van der Waals surface area contributed by atoms with E-state index in [0.717, 1.165) is 31.3 Å². The van der Waals surface area contributed by atoms with E-state index >= 15 is 0 Å². The molecule has 3 saturated heterocycles. The maximum atomic E-state index is 11.2. The fourth-order valence-corrected chi connectivity index (χ4v) is 6.70. The van der Waals surface area contributed by atoms with Gasteiger partial charge in [-0.3, -0.25) is 14.6 Å². The second kappa shape index (κ2) is 8.68. The molecule has 30 heavy (non-hydrogen) atoms. The number of piperidine rings is 3. The largest absolute Gasteiger partial charge is 0.481 e. The van der Waals surface area contributed by atoms with E-state index in [1.807, 2.05) is 0 Å². The summed E-state index contributed by atoms with van der Waals surface area (Å²) in [6.07, 6.45) is 7.40. The van der Waals surface area contributed by atoms with Crippen molar-refractivity contribution in [2.75, 3.05) is 19.6 Å². The topological polar surface area (TPSA) is 43.8 Å². The molecule has 0 aliphatic carbocycles. The van der Waals surface area contributed by atoms with Gasteiger partial charge in [0, 0.05) is 31.6 Å². The van der Waals surface area contributed by atoms with E-state index < -0.39 is 5.97 Å². The minimum atomic E-state index is -0.660. The van der Waals surface area contributed by atoms with Crippen molar-refractivity contribution in [3.8, 4) is 0 Å². The Morgan fingerprint density at radius 2 is 1.83 bits per heavy atom. The molecule has 5 rings (SSSR count). The number of aliphatic carboxylic acids is 1. The van der Waals surface area contributed by atoms with E-state index in [-0.39, 0.29) is 0 Å². The van der Waals surface area contributed by atoms with Crippen LogP contribution in [-0.4, -0.2) is 52.6 Å². The summed E-state index contributed by atoms with van der Waals surface area (Å²) >= 11 is 0. The first kappa shape index (κ1) is 20.0. The monoisotopic (exact) mass is 406 g/mol. The zero-order chi connectivity index (χ0) is 20.5. The molecule has 3 heterocycles. The van der Waals surface area contributed by atoms with Crippen LogP contribution in [0.2, 0.25) is 0 Å². The van der Waals surface area contributed by atoms with Crippen LogP contribution in [0, 0.1) is 11.8 Å². The normalized spacial score (nSPS) is 29.6. The summed E-state index contributed by atoms with van der Waals surface area (Å²) in [7, 11) is 0. The third-order valence-electron chi connectivity index (χ3n) is 7.87. The van der Waals surface area contributed by atoms with E-state index in [1.54, 1.807) is 0 Å². The van der Waals surface area contributed by atoms with Gasteiger partial charge in [-0.1, -0.05) is 36.4 Å². The number of carboxylic acid groups (broad SMARTS) is 1. The molecule has 4 heteroatoms. The summed E-state index contributed by atoms with van der Waals surface area (Å²) in [5.74, 6) is 0.819. The molecular weight excluding hydrogens is 372 g/mol. The summed E-state index contributed by atoms with van der Waals surface area (Å²) in [5, 5.41) is 11.8. The highest BCUT2D eigenvalue weighted by Gasteiger charge is 2.48. The number of nitrogens with zero attached hydrogens (tertiary/aromatic N) is 2. The molecule has 4 nitrogen and oxygen atoms in total. The molecule has 0 amide bonds. The van der Waals surface area contributed by atoms with Gasteiger partial charge in [-0.15, -0.1) is 0 Å². The minimum Gasteiger partial charge on any atom is -0.481 e. The van der Waals surface area contributed by atoms with Crippen molar-refractivity contribution in [2.24, 2.45) is 11.8 Å². The van der Waals surface area contributed by atoms with Crippen molar-refractivity contribution < 1.29 is 9.90 Å². The van der Waals surface area contributed by atoms with Gasteiger partial charge < -0.3 is 5.11 Å². The number of rotatable bonds is 6. The molecule has 0 bridgehead atoms. The lowest BCUT2D eigenvalue weighted by atomic mass is 9.69. The number of benzene rings is 2. The van der Waals surface area contributed by atoms with Crippen LogP contribution in [0.3, 0.4) is 0 Å². The molecule has 0 aromatic heterocycles. The summed E-state index contributed by atoms with van der Waals surface area (Å²) in [6.45, 7) is 4.69. The van der Waals surface area contributed by atoms with E-state index in [0.29, 0.717) is 18.4 Å². The SMILES string of the molecule is O=C(O)CCC[C@@H]1[C@H]2CCCN3CCC[C@H](CN1Cc1ccc4ccccc4c1)[C@@H]23. The van der Waals surface area contributed by atoms with E-state index in [4.69, 9.17) is 0 Å². The van der Waals surface area contributed by atoms with E-state index in [1.165, 1.54) is 61.7 Å². The highest BCUT2D eigenvalue weighted by Crippen LogP contribution is 2.43. The fraction of sp³-hybridized carbons (Fsp3) is 0.577. The highest BCUT2D eigenvalue weighted by atomic mass is 16.4. The van der Waals surface area contributed by atoms with Crippen LogP contribution in [-0.2, 0) is 11.3 Å². The Hall–Kier alpha value is -1.91. The Kier molecular flexibility index (Phi) is 5.79. The van der Waals surface area contributed by atoms with Gasteiger partial charge in [-0.2, -0.15) is 0 Å². The quantitative estimate of drug-likeness (QED) is 0.750. The second-order valence-corrected chi connectivity index (χ2v) is 9.70. The Balaban J connectivity index is 1.40. The van der Waals surface area contributed by atoms with Gasteiger partial charge in [0.05, 0.1) is 0 Å². The van der Waals surface area contributed by atoms with Crippen LogP contribution in [0.25, 0.3) is 10.8 Å². The van der Waals surface area contributed by atoms with Crippen LogP contribution < -0.4 is 0 Å². The van der Waals surface area contributed by atoms with E-state index in [2.05, 4.69) is 52.3 Å². The average Bonchev–Trinajstić information content (AvgIpc) is 2.76.